The molecule has 4 fully saturated rings. The molecule has 3 amide bonds. The summed E-state index contributed by atoms with van der Waals surface area (Å²) < 4.78 is 0. The van der Waals surface area contributed by atoms with Gasteiger partial charge in [0.15, 0.2) is 0 Å². The Kier molecular flexibility index (Phi) is 4.35. The van der Waals surface area contributed by atoms with E-state index in [4.69, 9.17) is 0 Å². The lowest BCUT2D eigenvalue weighted by atomic mass is 9.51. The fourth-order valence-corrected chi connectivity index (χ4v) is 6.29. The Bertz CT molecular complexity index is 909. The number of nitrogens with one attached hydrogen (secondary N) is 2. The van der Waals surface area contributed by atoms with E-state index < -0.39 is 5.66 Å². The van der Waals surface area contributed by atoms with Gasteiger partial charge in [-0.1, -0.05) is 19.1 Å². The van der Waals surface area contributed by atoms with Crippen molar-refractivity contribution in [1.29, 1.82) is 0 Å². The number of carbonyl (C=O) groups excluding carboxylic acids is 3. The Morgan fingerprint density at radius 2 is 1.77 bits per heavy atom. The van der Waals surface area contributed by atoms with Crippen LogP contribution in [0.4, 0.5) is 5.69 Å². The third-order valence-electron chi connectivity index (χ3n) is 8.01. The Morgan fingerprint density at radius 3 is 2.47 bits per heavy atom. The molecule has 7 nitrogen and oxygen atoms in total. The van der Waals surface area contributed by atoms with E-state index in [0.717, 1.165) is 31.4 Å². The number of para-hydroxylation sites is 1. The third kappa shape index (κ3) is 2.89. The molecule has 1 spiro atoms. The second-order valence-corrected chi connectivity index (χ2v) is 9.78. The topological polar surface area (TPSA) is 81.8 Å². The molecule has 30 heavy (non-hydrogen) atoms. The molecule has 5 aliphatic rings. The number of amides is 3. The minimum absolute atomic E-state index is 0.0243. The number of benzene rings is 1. The van der Waals surface area contributed by atoms with Crippen LogP contribution < -0.4 is 10.6 Å². The highest BCUT2D eigenvalue weighted by molar-refractivity contribution is 6.02. The molecular formula is C23H30N4O3. The predicted molar refractivity (Wildman–Crippen MR) is 113 cm³/mol. The van der Waals surface area contributed by atoms with Crippen molar-refractivity contribution in [1.82, 2.24) is 15.1 Å². The van der Waals surface area contributed by atoms with E-state index in [1.165, 1.54) is 0 Å². The van der Waals surface area contributed by atoms with Crippen molar-refractivity contribution < 1.29 is 14.4 Å². The molecule has 3 saturated carbocycles. The standard InChI is InChI=1S/C23H30N4O3/c1-15(28)26-9-11-27(12-10-26)21(30)18-13-16-7-8-22(18,2)14-23(16)24-19-6-4-3-5-17(19)20(29)25-23/h3-6,16,18,24H,7-14H2,1-2H3,(H,25,29)/t16?,18?,22?,23-/m0/s1. The van der Waals surface area contributed by atoms with Gasteiger partial charge in [0, 0.05) is 50.6 Å². The van der Waals surface area contributed by atoms with Gasteiger partial charge in [-0.2, -0.15) is 0 Å². The van der Waals surface area contributed by atoms with Crippen LogP contribution in [0.1, 0.15) is 49.9 Å². The number of piperazine rings is 1. The number of rotatable bonds is 1. The van der Waals surface area contributed by atoms with Gasteiger partial charge in [0.1, 0.15) is 5.66 Å². The highest BCUT2D eigenvalue weighted by Gasteiger charge is 2.60. The zero-order valence-electron chi connectivity index (χ0n) is 17.7. The molecule has 0 radical (unpaired) electrons. The molecule has 3 unspecified atom stereocenters. The molecule has 2 N–H and O–H groups in total. The molecule has 6 rings (SSSR count). The Morgan fingerprint density at radius 1 is 1.07 bits per heavy atom. The van der Waals surface area contributed by atoms with Crippen LogP contribution in [-0.4, -0.2) is 59.4 Å². The minimum Gasteiger partial charge on any atom is -0.362 e. The number of fused-ring (bicyclic) bond motifs is 3. The SMILES string of the molecule is CC(=O)N1CCN(C(=O)C2CC3CCC2(C)C[C@]32NC(=O)c3ccccc3N2)CC1. The second-order valence-electron chi connectivity index (χ2n) is 9.78. The van der Waals surface area contributed by atoms with Gasteiger partial charge in [0.2, 0.25) is 11.8 Å². The van der Waals surface area contributed by atoms with Gasteiger partial charge in [0.25, 0.3) is 5.91 Å². The van der Waals surface area contributed by atoms with Crippen molar-refractivity contribution >= 4 is 23.4 Å². The van der Waals surface area contributed by atoms with Gasteiger partial charge >= 0.3 is 0 Å². The van der Waals surface area contributed by atoms with Crippen LogP contribution in [0.5, 0.6) is 0 Å². The predicted octanol–water partition coefficient (Wildman–Crippen LogP) is 2.06. The van der Waals surface area contributed by atoms with E-state index in [9.17, 15) is 14.4 Å². The first-order valence-corrected chi connectivity index (χ1v) is 11.1. The van der Waals surface area contributed by atoms with E-state index in [1.807, 2.05) is 34.1 Å². The van der Waals surface area contributed by atoms with Crippen LogP contribution in [0.25, 0.3) is 0 Å². The normalized spacial score (nSPS) is 34.9. The first kappa shape index (κ1) is 19.4. The quantitative estimate of drug-likeness (QED) is 0.743. The van der Waals surface area contributed by atoms with Crippen molar-refractivity contribution in [2.24, 2.45) is 17.3 Å². The number of hydrogen-bond acceptors (Lipinski definition) is 4. The van der Waals surface area contributed by atoms with Crippen molar-refractivity contribution in [3.8, 4) is 0 Å². The maximum Gasteiger partial charge on any atom is 0.255 e. The summed E-state index contributed by atoms with van der Waals surface area (Å²) in [4.78, 5) is 41.7. The number of anilines is 1. The van der Waals surface area contributed by atoms with Gasteiger partial charge in [-0.05, 0) is 43.2 Å². The average Bonchev–Trinajstić information content (AvgIpc) is 2.73. The molecule has 2 bridgehead atoms. The average molecular weight is 411 g/mol. The lowest BCUT2D eigenvalue weighted by molar-refractivity contribution is -0.153. The maximum atomic E-state index is 13.5. The molecule has 3 aliphatic carbocycles. The van der Waals surface area contributed by atoms with Crippen LogP contribution in [0.15, 0.2) is 24.3 Å². The largest absolute Gasteiger partial charge is 0.362 e. The summed E-state index contributed by atoms with van der Waals surface area (Å²) in [6.45, 7) is 6.26. The van der Waals surface area contributed by atoms with Crippen molar-refractivity contribution in [3.63, 3.8) is 0 Å². The van der Waals surface area contributed by atoms with Crippen LogP contribution >= 0.6 is 0 Å². The van der Waals surface area contributed by atoms with Crippen LogP contribution in [0.2, 0.25) is 0 Å². The summed E-state index contributed by atoms with van der Waals surface area (Å²) in [5.74, 6) is 0.476. The molecule has 7 heteroatoms. The van der Waals surface area contributed by atoms with E-state index >= 15 is 0 Å². The van der Waals surface area contributed by atoms with Gasteiger partial charge in [-0.25, -0.2) is 0 Å². The molecule has 0 aromatic heterocycles. The summed E-state index contributed by atoms with van der Waals surface area (Å²) >= 11 is 0. The summed E-state index contributed by atoms with van der Waals surface area (Å²) in [5, 5.41) is 6.94. The monoisotopic (exact) mass is 410 g/mol. The molecule has 4 atom stereocenters. The smallest absolute Gasteiger partial charge is 0.255 e. The van der Waals surface area contributed by atoms with Crippen molar-refractivity contribution in [3.05, 3.63) is 29.8 Å². The Balaban J connectivity index is 1.35. The first-order chi connectivity index (χ1) is 14.3. The molecule has 2 heterocycles. The lowest BCUT2D eigenvalue weighted by Gasteiger charge is -2.61. The Hall–Kier alpha value is -2.57. The maximum absolute atomic E-state index is 13.5. The number of carbonyl (C=O) groups is 3. The number of hydrogen-bond donors (Lipinski definition) is 2. The van der Waals surface area contributed by atoms with E-state index in [1.54, 1.807) is 6.92 Å². The Labute approximate surface area is 177 Å². The minimum atomic E-state index is -0.470. The highest BCUT2D eigenvalue weighted by Crippen LogP contribution is 2.58. The molecule has 160 valence electrons. The fraction of sp³-hybridized carbons (Fsp3) is 0.609. The highest BCUT2D eigenvalue weighted by atomic mass is 16.2. The molecule has 1 aromatic carbocycles. The zero-order valence-corrected chi connectivity index (χ0v) is 17.7. The van der Waals surface area contributed by atoms with Crippen LogP contribution in [-0.2, 0) is 9.59 Å². The molecule has 1 aromatic rings. The van der Waals surface area contributed by atoms with E-state index in [2.05, 4.69) is 17.6 Å². The molecular weight excluding hydrogens is 380 g/mol. The van der Waals surface area contributed by atoms with E-state index in [0.29, 0.717) is 31.7 Å². The summed E-state index contributed by atoms with van der Waals surface area (Å²) in [6.07, 6.45) is 3.56. The second kappa shape index (κ2) is 6.72. The number of nitrogens with zero attached hydrogens (tertiary/aromatic N) is 2. The zero-order chi connectivity index (χ0) is 21.1. The summed E-state index contributed by atoms with van der Waals surface area (Å²) in [6, 6.07) is 7.65. The van der Waals surface area contributed by atoms with Crippen molar-refractivity contribution in [2.75, 3.05) is 31.5 Å². The van der Waals surface area contributed by atoms with Crippen LogP contribution in [0.3, 0.4) is 0 Å². The summed E-state index contributed by atoms with van der Waals surface area (Å²) in [5.41, 5.74) is 0.949. The van der Waals surface area contributed by atoms with Gasteiger partial charge in [-0.15, -0.1) is 0 Å². The van der Waals surface area contributed by atoms with E-state index in [-0.39, 0.29) is 35.0 Å². The van der Waals surface area contributed by atoms with Crippen molar-refractivity contribution in [2.45, 2.75) is 45.2 Å². The fourth-order valence-electron chi connectivity index (χ4n) is 6.29. The van der Waals surface area contributed by atoms with Gasteiger partial charge < -0.3 is 20.4 Å². The third-order valence-corrected chi connectivity index (χ3v) is 8.01. The first-order valence-electron chi connectivity index (χ1n) is 11.1. The van der Waals surface area contributed by atoms with Gasteiger partial charge in [0.05, 0.1) is 5.56 Å². The molecule has 1 saturated heterocycles. The molecule has 2 aliphatic heterocycles. The van der Waals surface area contributed by atoms with Crippen LogP contribution in [0, 0.1) is 17.3 Å². The lowest BCUT2D eigenvalue weighted by Crippen LogP contribution is -2.70. The summed E-state index contributed by atoms with van der Waals surface area (Å²) in [7, 11) is 0. The van der Waals surface area contributed by atoms with Gasteiger partial charge in [-0.3, -0.25) is 14.4 Å².